The van der Waals surface area contributed by atoms with Crippen LogP contribution >= 0.6 is 11.8 Å². The maximum Gasteiger partial charge on any atom is 0.410 e. The van der Waals surface area contributed by atoms with Crippen LogP contribution in [0, 0.1) is 0 Å². The summed E-state index contributed by atoms with van der Waals surface area (Å²) in [6, 6.07) is 24.0. The molecule has 0 bridgehead atoms. The van der Waals surface area contributed by atoms with E-state index in [4.69, 9.17) is 4.74 Å². The molecule has 3 aromatic carbocycles. The van der Waals surface area contributed by atoms with Gasteiger partial charge in [0.1, 0.15) is 5.60 Å². The second-order valence-corrected chi connectivity index (χ2v) is 10.7. The molecule has 1 heterocycles. The highest BCUT2D eigenvalue weighted by atomic mass is 32.2. The average molecular weight is 477 g/mol. The van der Waals surface area contributed by atoms with Crippen LogP contribution in [0.15, 0.2) is 77.7 Å². The number of nitrogens with zero attached hydrogens (tertiary/aromatic N) is 2. The lowest BCUT2D eigenvalue weighted by atomic mass is 10.0. The Kier molecular flexibility index (Phi) is 7.47. The molecule has 1 aliphatic rings. The Balaban J connectivity index is 1.51. The van der Waals surface area contributed by atoms with E-state index in [9.17, 15) is 9.59 Å². The Bertz CT molecular complexity index is 1140. The second-order valence-electron chi connectivity index (χ2n) is 9.56. The van der Waals surface area contributed by atoms with Gasteiger partial charge in [0.15, 0.2) is 0 Å². The topological polar surface area (TPSA) is 49.9 Å². The Hall–Kier alpha value is -2.99. The van der Waals surface area contributed by atoms with Gasteiger partial charge in [0.05, 0.1) is 6.04 Å². The summed E-state index contributed by atoms with van der Waals surface area (Å²) >= 11 is 1.77. The molecule has 0 saturated carbocycles. The fraction of sp³-hybridized carbons (Fsp3) is 0.357. The highest BCUT2D eigenvalue weighted by Gasteiger charge is 2.35. The first-order valence-corrected chi connectivity index (χ1v) is 12.7. The van der Waals surface area contributed by atoms with E-state index < -0.39 is 5.60 Å². The van der Waals surface area contributed by atoms with Crippen LogP contribution in [-0.2, 0) is 4.74 Å². The minimum atomic E-state index is -0.559. The van der Waals surface area contributed by atoms with Crippen LogP contribution in [0.2, 0.25) is 0 Å². The van der Waals surface area contributed by atoms with Crippen molar-refractivity contribution in [2.75, 3.05) is 25.4 Å². The van der Waals surface area contributed by atoms with Gasteiger partial charge < -0.3 is 14.5 Å². The minimum absolute atomic E-state index is 0.0151. The third-order valence-electron chi connectivity index (χ3n) is 5.88. The SMILES string of the molecule is CC(C)(C)OC(=O)N1CCN(C(=O)c2cccc3ccccc23)C[C@@H]1CCSc1ccccc1. The van der Waals surface area contributed by atoms with Crippen molar-refractivity contribution < 1.29 is 14.3 Å². The summed E-state index contributed by atoms with van der Waals surface area (Å²) in [5, 5.41) is 2.01. The molecule has 0 aliphatic carbocycles. The maximum absolute atomic E-state index is 13.5. The molecule has 34 heavy (non-hydrogen) atoms. The highest BCUT2D eigenvalue weighted by Crippen LogP contribution is 2.25. The number of amides is 2. The molecule has 3 aromatic rings. The predicted octanol–water partition coefficient (Wildman–Crippen LogP) is 6.08. The molecular formula is C28H32N2O3S. The van der Waals surface area contributed by atoms with Gasteiger partial charge in [-0.15, -0.1) is 11.8 Å². The molecule has 0 unspecified atom stereocenters. The van der Waals surface area contributed by atoms with E-state index in [2.05, 4.69) is 12.1 Å². The van der Waals surface area contributed by atoms with Crippen LogP contribution in [-0.4, -0.2) is 58.8 Å². The van der Waals surface area contributed by atoms with Crippen LogP contribution in [0.1, 0.15) is 37.6 Å². The monoisotopic (exact) mass is 476 g/mol. The maximum atomic E-state index is 13.5. The van der Waals surface area contributed by atoms with Crippen molar-refractivity contribution in [3.05, 3.63) is 78.4 Å². The summed E-state index contributed by atoms with van der Waals surface area (Å²) in [5.41, 5.74) is 0.150. The summed E-state index contributed by atoms with van der Waals surface area (Å²) < 4.78 is 5.69. The predicted molar refractivity (Wildman–Crippen MR) is 138 cm³/mol. The second kappa shape index (κ2) is 10.5. The van der Waals surface area contributed by atoms with Crippen molar-refractivity contribution in [2.45, 2.75) is 43.7 Å². The Morgan fingerprint density at radius 2 is 1.65 bits per heavy atom. The molecular weight excluding hydrogens is 444 g/mol. The van der Waals surface area contributed by atoms with Gasteiger partial charge in [-0.3, -0.25) is 4.79 Å². The minimum Gasteiger partial charge on any atom is -0.444 e. The number of ether oxygens (including phenoxy) is 1. The number of hydrogen-bond donors (Lipinski definition) is 0. The number of hydrogen-bond acceptors (Lipinski definition) is 4. The molecule has 0 aromatic heterocycles. The van der Waals surface area contributed by atoms with Crippen LogP contribution in [0.3, 0.4) is 0 Å². The van der Waals surface area contributed by atoms with Gasteiger partial charge in [0.25, 0.3) is 5.91 Å². The summed E-state index contributed by atoms with van der Waals surface area (Å²) in [7, 11) is 0. The van der Waals surface area contributed by atoms with Crippen molar-refractivity contribution in [3.63, 3.8) is 0 Å². The van der Waals surface area contributed by atoms with Crippen LogP contribution in [0.4, 0.5) is 4.79 Å². The van der Waals surface area contributed by atoms with E-state index in [1.54, 1.807) is 11.8 Å². The fourth-order valence-electron chi connectivity index (χ4n) is 4.26. The third kappa shape index (κ3) is 5.92. The number of thioether (sulfide) groups is 1. The summed E-state index contributed by atoms with van der Waals surface area (Å²) in [4.78, 5) is 31.4. The molecule has 1 atom stereocenters. The smallest absolute Gasteiger partial charge is 0.410 e. The summed E-state index contributed by atoms with van der Waals surface area (Å²) in [5.74, 6) is 0.867. The molecule has 4 rings (SSSR count). The lowest BCUT2D eigenvalue weighted by molar-refractivity contribution is -0.000994. The van der Waals surface area contributed by atoms with E-state index in [0.717, 1.165) is 22.9 Å². The normalized spacial score (nSPS) is 16.5. The molecule has 1 fully saturated rings. The van der Waals surface area contributed by atoms with Crippen molar-refractivity contribution in [3.8, 4) is 0 Å². The van der Waals surface area contributed by atoms with E-state index in [-0.39, 0.29) is 18.0 Å². The van der Waals surface area contributed by atoms with Gasteiger partial charge in [-0.2, -0.15) is 0 Å². The Morgan fingerprint density at radius 1 is 0.941 bits per heavy atom. The molecule has 0 radical (unpaired) electrons. The van der Waals surface area contributed by atoms with E-state index in [1.807, 2.05) is 91.2 Å². The number of carbonyl (C=O) groups is 2. The lowest BCUT2D eigenvalue weighted by Crippen LogP contribution is -2.57. The molecule has 1 saturated heterocycles. The number of benzene rings is 3. The molecule has 0 N–H and O–H groups in total. The number of fused-ring (bicyclic) bond motifs is 1. The molecule has 1 aliphatic heterocycles. The summed E-state index contributed by atoms with van der Waals surface area (Å²) in [6.07, 6.45) is 0.470. The lowest BCUT2D eigenvalue weighted by Gasteiger charge is -2.42. The van der Waals surface area contributed by atoms with Crippen LogP contribution in [0.5, 0.6) is 0 Å². The van der Waals surface area contributed by atoms with Crippen molar-refractivity contribution >= 4 is 34.5 Å². The van der Waals surface area contributed by atoms with E-state index >= 15 is 0 Å². The van der Waals surface area contributed by atoms with Gasteiger partial charge in [0.2, 0.25) is 0 Å². The number of carbonyl (C=O) groups excluding carboxylic acids is 2. The molecule has 6 heteroatoms. The molecule has 5 nitrogen and oxygen atoms in total. The Morgan fingerprint density at radius 3 is 2.41 bits per heavy atom. The van der Waals surface area contributed by atoms with Gasteiger partial charge >= 0.3 is 6.09 Å². The third-order valence-corrected chi connectivity index (χ3v) is 6.93. The zero-order valence-corrected chi connectivity index (χ0v) is 20.9. The van der Waals surface area contributed by atoms with Gasteiger partial charge in [-0.05, 0) is 56.2 Å². The quantitative estimate of drug-likeness (QED) is 0.419. The van der Waals surface area contributed by atoms with Gasteiger partial charge in [-0.25, -0.2) is 4.79 Å². The average Bonchev–Trinajstić information content (AvgIpc) is 2.83. The first-order chi connectivity index (χ1) is 16.3. The number of piperazine rings is 1. The fourth-order valence-corrected chi connectivity index (χ4v) is 5.23. The molecule has 0 spiro atoms. The first-order valence-electron chi connectivity index (χ1n) is 11.8. The molecule has 2 amide bonds. The Labute approximate surface area is 206 Å². The zero-order valence-electron chi connectivity index (χ0n) is 20.1. The highest BCUT2D eigenvalue weighted by molar-refractivity contribution is 7.99. The largest absolute Gasteiger partial charge is 0.444 e. The first kappa shape index (κ1) is 24.1. The summed E-state index contributed by atoms with van der Waals surface area (Å²) in [6.45, 7) is 7.09. The zero-order chi connectivity index (χ0) is 24.1. The van der Waals surface area contributed by atoms with Gasteiger partial charge in [-0.1, -0.05) is 54.6 Å². The molecule has 178 valence electrons. The van der Waals surface area contributed by atoms with Crippen molar-refractivity contribution in [1.82, 2.24) is 9.80 Å². The van der Waals surface area contributed by atoms with Crippen LogP contribution in [0.25, 0.3) is 10.8 Å². The van der Waals surface area contributed by atoms with Crippen molar-refractivity contribution in [2.24, 2.45) is 0 Å². The number of rotatable bonds is 5. The standard InChI is InChI=1S/C28H32N2O3S/c1-28(2,3)33-27(32)30-18-17-29(20-22(30)16-19-34-23-12-5-4-6-13-23)26(31)25-15-9-11-21-10-7-8-14-24(21)25/h4-15,22H,16-20H2,1-3H3/t22-/m0/s1. The van der Waals surface area contributed by atoms with Crippen molar-refractivity contribution in [1.29, 1.82) is 0 Å². The van der Waals surface area contributed by atoms with Crippen LogP contribution < -0.4 is 0 Å². The van der Waals surface area contributed by atoms with E-state index in [0.29, 0.717) is 25.2 Å². The van der Waals surface area contributed by atoms with E-state index in [1.165, 1.54) is 4.90 Å². The van der Waals surface area contributed by atoms with Gasteiger partial charge in [0, 0.05) is 35.8 Å².